The number of aliphatic carboxylic acids is 1. The largest absolute Gasteiger partial charge is 0.514 e. The highest BCUT2D eigenvalue weighted by molar-refractivity contribution is 5.70. The summed E-state index contributed by atoms with van der Waals surface area (Å²) in [6.45, 7) is 1.59. The summed E-state index contributed by atoms with van der Waals surface area (Å²) in [5, 5.41) is 24.2. The number of hydrogen-bond acceptors (Lipinski definition) is 10. The van der Waals surface area contributed by atoms with Crippen molar-refractivity contribution in [3.05, 3.63) is 58.2 Å². The Bertz CT molecular complexity index is 1310. The van der Waals surface area contributed by atoms with Gasteiger partial charge in [0.15, 0.2) is 11.6 Å². The van der Waals surface area contributed by atoms with Crippen LogP contribution in [0.1, 0.15) is 37.1 Å². The Labute approximate surface area is 211 Å². The number of carboxylic acid groups (broad SMARTS) is 1. The van der Waals surface area contributed by atoms with Gasteiger partial charge in [0.1, 0.15) is 12.4 Å². The normalized spacial score (nSPS) is 17.1. The lowest BCUT2D eigenvalue weighted by Crippen LogP contribution is -2.29. The van der Waals surface area contributed by atoms with Crippen LogP contribution >= 0.6 is 0 Å². The number of nitro benzene ring substituents is 1. The van der Waals surface area contributed by atoms with Crippen molar-refractivity contribution in [3.8, 4) is 22.9 Å². The van der Waals surface area contributed by atoms with E-state index in [9.17, 15) is 24.8 Å². The van der Waals surface area contributed by atoms with Crippen molar-refractivity contribution >= 4 is 17.8 Å². The fraction of sp³-hybridized carbons (Fsp3) is 0.375. The van der Waals surface area contributed by atoms with Crippen molar-refractivity contribution in [1.82, 2.24) is 19.7 Å². The van der Waals surface area contributed by atoms with Gasteiger partial charge in [-0.05, 0) is 44.7 Å². The summed E-state index contributed by atoms with van der Waals surface area (Å²) in [7, 11) is 1.68. The smallest absolute Gasteiger partial charge is 0.487 e. The summed E-state index contributed by atoms with van der Waals surface area (Å²) in [5.74, 6) is -0.285. The molecule has 3 aromatic rings. The Morgan fingerprint density at radius 2 is 1.97 bits per heavy atom. The van der Waals surface area contributed by atoms with E-state index in [0.717, 1.165) is 12.8 Å². The Balaban J connectivity index is 1.40. The zero-order chi connectivity index (χ0) is 26.5. The molecule has 0 unspecified atom stereocenters. The average Bonchev–Trinajstić information content (AvgIpc) is 3.24. The van der Waals surface area contributed by atoms with E-state index in [4.69, 9.17) is 14.2 Å². The maximum absolute atomic E-state index is 12.1. The fourth-order valence-electron chi connectivity index (χ4n) is 4.07. The monoisotopic (exact) mass is 511 g/mol. The number of nitrogens with zero attached hydrogens (tertiary/aromatic N) is 5. The molecule has 1 aliphatic rings. The van der Waals surface area contributed by atoms with E-state index in [1.807, 2.05) is 0 Å². The van der Waals surface area contributed by atoms with Gasteiger partial charge in [0.2, 0.25) is 0 Å². The molecule has 13 heteroatoms. The molecule has 2 atom stereocenters. The standard InChI is InChI=1S/C24H25N5O8/c1-14-21(36-18-5-3-4-15(10-18)23(30)31)12-25-22(27-14)19-11-26-28(2)20(19)13-35-24(32)37-17-8-6-16(7-9-17)29(33)34/h6-9,11-12,15,18H,3-5,10,13H2,1-2H3,(H,30,31)/t15-,18-/m0/s1. The molecule has 1 fully saturated rings. The second kappa shape index (κ2) is 11.0. The number of carbonyl (C=O) groups is 2. The first-order chi connectivity index (χ1) is 17.7. The van der Waals surface area contributed by atoms with Crippen LogP contribution in [0.15, 0.2) is 36.7 Å². The molecule has 194 valence electrons. The van der Waals surface area contributed by atoms with Gasteiger partial charge in [-0.25, -0.2) is 14.8 Å². The zero-order valence-corrected chi connectivity index (χ0v) is 20.2. The molecule has 2 aromatic heterocycles. The molecule has 1 aliphatic carbocycles. The second-order valence-electron chi connectivity index (χ2n) is 8.61. The summed E-state index contributed by atoms with van der Waals surface area (Å²) in [5.41, 5.74) is 1.51. The van der Waals surface area contributed by atoms with Crippen LogP contribution in [0.25, 0.3) is 11.4 Å². The maximum atomic E-state index is 12.1. The Hall–Kier alpha value is -4.55. The number of ether oxygens (including phenoxy) is 3. The van der Waals surface area contributed by atoms with Crippen LogP contribution in [0.3, 0.4) is 0 Å². The van der Waals surface area contributed by atoms with E-state index in [2.05, 4.69) is 15.1 Å². The summed E-state index contributed by atoms with van der Waals surface area (Å²) in [6, 6.07) is 5.02. The second-order valence-corrected chi connectivity index (χ2v) is 8.61. The van der Waals surface area contributed by atoms with Gasteiger partial charge >= 0.3 is 12.1 Å². The molecule has 0 bridgehead atoms. The number of aromatic nitrogens is 4. The molecule has 0 aliphatic heterocycles. The van der Waals surface area contributed by atoms with Crippen LogP contribution in [0, 0.1) is 23.0 Å². The molecule has 4 rings (SSSR count). The quantitative estimate of drug-likeness (QED) is 0.202. The SMILES string of the molecule is Cc1nc(-c2cnn(C)c2COC(=O)Oc2ccc([N+](=O)[O-])cc2)ncc1O[C@H]1CCC[C@H](C(=O)O)C1. The van der Waals surface area contributed by atoms with E-state index >= 15 is 0 Å². The van der Waals surface area contributed by atoms with E-state index in [1.165, 1.54) is 28.9 Å². The molecular weight excluding hydrogens is 486 g/mol. The molecule has 13 nitrogen and oxygen atoms in total. The maximum Gasteiger partial charge on any atom is 0.514 e. The van der Waals surface area contributed by atoms with Crippen molar-refractivity contribution in [3.63, 3.8) is 0 Å². The lowest BCUT2D eigenvalue weighted by Gasteiger charge is -2.27. The molecule has 0 radical (unpaired) electrons. The number of nitro groups is 1. The minimum absolute atomic E-state index is 0.100. The highest BCUT2D eigenvalue weighted by Crippen LogP contribution is 2.30. The third-order valence-corrected chi connectivity index (χ3v) is 6.08. The molecule has 1 aromatic carbocycles. The Morgan fingerprint density at radius 1 is 1.22 bits per heavy atom. The van der Waals surface area contributed by atoms with Crippen molar-refractivity contribution in [2.75, 3.05) is 0 Å². The number of non-ortho nitro benzene ring substituents is 1. The first-order valence-corrected chi connectivity index (χ1v) is 11.5. The molecule has 2 heterocycles. The lowest BCUT2D eigenvalue weighted by atomic mass is 9.87. The molecule has 0 amide bonds. The van der Waals surface area contributed by atoms with Crippen LogP contribution in [-0.4, -0.2) is 48.0 Å². The van der Waals surface area contributed by atoms with Gasteiger partial charge in [-0.3, -0.25) is 19.6 Å². The van der Waals surface area contributed by atoms with Gasteiger partial charge in [0, 0.05) is 19.2 Å². The van der Waals surface area contributed by atoms with Gasteiger partial charge < -0.3 is 19.3 Å². The number of rotatable bonds is 8. The van der Waals surface area contributed by atoms with Gasteiger partial charge in [0.05, 0.1) is 46.3 Å². The van der Waals surface area contributed by atoms with Gasteiger partial charge in [-0.2, -0.15) is 5.10 Å². The van der Waals surface area contributed by atoms with Crippen molar-refractivity contribution in [1.29, 1.82) is 0 Å². The van der Waals surface area contributed by atoms with Crippen molar-refractivity contribution < 1.29 is 33.8 Å². The predicted octanol–water partition coefficient (Wildman–Crippen LogP) is 3.83. The van der Waals surface area contributed by atoms with Crippen molar-refractivity contribution in [2.24, 2.45) is 13.0 Å². The molecule has 1 N–H and O–H groups in total. The van der Waals surface area contributed by atoms with Crippen LogP contribution < -0.4 is 9.47 Å². The van der Waals surface area contributed by atoms with Crippen molar-refractivity contribution in [2.45, 2.75) is 45.3 Å². The highest BCUT2D eigenvalue weighted by Gasteiger charge is 2.28. The fourth-order valence-corrected chi connectivity index (χ4v) is 4.07. The van der Waals surface area contributed by atoms with E-state index in [0.29, 0.717) is 41.4 Å². The average molecular weight is 511 g/mol. The topological polar surface area (TPSA) is 169 Å². The molecule has 1 saturated carbocycles. The van der Waals surface area contributed by atoms with Crippen LogP contribution in [0.5, 0.6) is 11.5 Å². The molecular formula is C24H25N5O8. The number of benzene rings is 1. The lowest BCUT2D eigenvalue weighted by molar-refractivity contribution is -0.384. The van der Waals surface area contributed by atoms with E-state index in [-0.39, 0.29) is 24.1 Å². The first kappa shape index (κ1) is 25.5. The van der Waals surface area contributed by atoms with Crippen LogP contribution in [0.4, 0.5) is 10.5 Å². The van der Waals surface area contributed by atoms with Gasteiger partial charge in [-0.15, -0.1) is 0 Å². The first-order valence-electron chi connectivity index (χ1n) is 11.5. The minimum atomic E-state index is -0.992. The van der Waals surface area contributed by atoms with Crippen LogP contribution in [0.2, 0.25) is 0 Å². The minimum Gasteiger partial charge on any atom is -0.487 e. The highest BCUT2D eigenvalue weighted by atomic mass is 16.7. The number of carboxylic acids is 1. The van der Waals surface area contributed by atoms with Gasteiger partial charge in [-0.1, -0.05) is 0 Å². The predicted molar refractivity (Wildman–Crippen MR) is 127 cm³/mol. The molecule has 0 saturated heterocycles. The summed E-state index contributed by atoms with van der Waals surface area (Å²) < 4.78 is 17.8. The Morgan fingerprint density at radius 3 is 2.65 bits per heavy atom. The third kappa shape index (κ3) is 6.18. The van der Waals surface area contributed by atoms with E-state index in [1.54, 1.807) is 26.4 Å². The summed E-state index contributed by atoms with van der Waals surface area (Å²) in [4.78, 5) is 42.6. The zero-order valence-electron chi connectivity index (χ0n) is 20.2. The number of carbonyl (C=O) groups excluding carboxylic acids is 1. The third-order valence-electron chi connectivity index (χ3n) is 6.08. The Kier molecular flexibility index (Phi) is 7.60. The number of hydrogen-bond donors (Lipinski definition) is 1. The van der Waals surface area contributed by atoms with E-state index < -0.39 is 23.0 Å². The summed E-state index contributed by atoms with van der Waals surface area (Å²) in [6.07, 6.45) is 4.53. The van der Waals surface area contributed by atoms with Crippen LogP contribution in [-0.2, 0) is 23.2 Å². The molecule has 0 spiro atoms. The summed E-state index contributed by atoms with van der Waals surface area (Å²) >= 11 is 0. The van der Waals surface area contributed by atoms with Gasteiger partial charge in [0.25, 0.3) is 5.69 Å². The number of aryl methyl sites for hydroxylation is 2. The molecule has 37 heavy (non-hydrogen) atoms.